The van der Waals surface area contributed by atoms with Crippen molar-refractivity contribution in [2.75, 3.05) is 26.3 Å². The van der Waals surface area contributed by atoms with Gasteiger partial charge in [-0.1, -0.05) is 35.9 Å². The standard InChI is InChI=1S/C27H34ClNO6/c1-3-33-26(31)25(27(32)34-4-2)35-23-12-10-19(11-13-23)20-9-8-18(14-20)16-29-17-24(30)21-6-5-7-22(28)15-21/h5-7,10-13,15,18,20,24-25,29-30H,3-4,8-9,14,16-17H2,1-2H3/t18?,20?,24-/m0/s1. The van der Waals surface area contributed by atoms with Crippen molar-refractivity contribution in [2.45, 2.75) is 51.2 Å². The minimum atomic E-state index is -1.44. The summed E-state index contributed by atoms with van der Waals surface area (Å²) in [5.41, 5.74) is 2.01. The number of carbonyl (C=O) groups is 2. The predicted octanol–water partition coefficient (Wildman–Crippen LogP) is 4.42. The monoisotopic (exact) mass is 503 g/mol. The molecule has 2 N–H and O–H groups in total. The van der Waals surface area contributed by atoms with Crippen LogP contribution in [0.3, 0.4) is 0 Å². The Morgan fingerprint density at radius 3 is 2.37 bits per heavy atom. The van der Waals surface area contributed by atoms with Gasteiger partial charge in [0.2, 0.25) is 0 Å². The molecular weight excluding hydrogens is 470 g/mol. The Balaban J connectivity index is 1.48. The number of rotatable bonds is 12. The van der Waals surface area contributed by atoms with Crippen LogP contribution in [0.4, 0.5) is 0 Å². The van der Waals surface area contributed by atoms with E-state index in [0.717, 1.165) is 31.4 Å². The molecule has 7 nitrogen and oxygen atoms in total. The fourth-order valence-electron chi connectivity index (χ4n) is 4.40. The van der Waals surface area contributed by atoms with Gasteiger partial charge in [0.25, 0.3) is 6.10 Å². The first kappa shape index (κ1) is 27.0. The number of hydrogen-bond donors (Lipinski definition) is 2. The SMILES string of the molecule is CCOC(=O)C(Oc1ccc(C2CCC(CNC[C@H](O)c3cccc(Cl)c3)C2)cc1)C(=O)OCC. The van der Waals surface area contributed by atoms with E-state index in [1.807, 2.05) is 24.3 Å². The van der Waals surface area contributed by atoms with E-state index in [1.165, 1.54) is 5.56 Å². The average molecular weight is 504 g/mol. The van der Waals surface area contributed by atoms with Crippen molar-refractivity contribution in [2.24, 2.45) is 5.92 Å². The number of carbonyl (C=O) groups excluding carboxylic acids is 2. The normalized spacial score (nSPS) is 18.3. The van der Waals surface area contributed by atoms with Crippen molar-refractivity contribution < 1.29 is 28.9 Å². The van der Waals surface area contributed by atoms with Crippen LogP contribution in [0.1, 0.15) is 56.3 Å². The summed E-state index contributed by atoms with van der Waals surface area (Å²) in [4.78, 5) is 24.2. The van der Waals surface area contributed by atoms with Crippen molar-refractivity contribution in [1.82, 2.24) is 5.32 Å². The van der Waals surface area contributed by atoms with E-state index in [0.29, 0.717) is 29.2 Å². The molecular formula is C27H34ClNO6. The van der Waals surface area contributed by atoms with Crippen LogP contribution in [0.2, 0.25) is 5.02 Å². The van der Waals surface area contributed by atoms with Gasteiger partial charge in [0.1, 0.15) is 5.75 Å². The second-order valence-electron chi connectivity index (χ2n) is 8.68. The second kappa shape index (κ2) is 13.5. The quantitative estimate of drug-likeness (QED) is 0.327. The topological polar surface area (TPSA) is 94.1 Å². The average Bonchev–Trinajstić information content (AvgIpc) is 3.32. The number of benzene rings is 2. The van der Waals surface area contributed by atoms with Gasteiger partial charge < -0.3 is 24.6 Å². The summed E-state index contributed by atoms with van der Waals surface area (Å²) in [5, 5.41) is 14.4. The van der Waals surface area contributed by atoms with Gasteiger partial charge in [-0.25, -0.2) is 9.59 Å². The lowest BCUT2D eigenvalue weighted by atomic mass is 9.96. The molecule has 0 radical (unpaired) electrons. The molecule has 0 heterocycles. The summed E-state index contributed by atoms with van der Waals surface area (Å²) in [6.45, 7) is 4.95. The number of hydrogen-bond acceptors (Lipinski definition) is 7. The molecule has 190 valence electrons. The van der Waals surface area contributed by atoms with E-state index < -0.39 is 24.1 Å². The first-order chi connectivity index (χ1) is 16.9. The van der Waals surface area contributed by atoms with Gasteiger partial charge in [0.05, 0.1) is 19.3 Å². The molecule has 1 aliphatic carbocycles. The van der Waals surface area contributed by atoms with Gasteiger partial charge in [-0.3, -0.25) is 0 Å². The van der Waals surface area contributed by atoms with Crippen molar-refractivity contribution in [3.05, 3.63) is 64.7 Å². The lowest BCUT2D eigenvalue weighted by molar-refractivity contribution is -0.166. The van der Waals surface area contributed by atoms with Crippen LogP contribution in [-0.2, 0) is 19.1 Å². The summed E-state index contributed by atoms with van der Waals surface area (Å²) in [5.74, 6) is -0.159. The summed E-state index contributed by atoms with van der Waals surface area (Å²) in [6.07, 6.45) is 1.21. The van der Waals surface area contributed by atoms with Gasteiger partial charge in [-0.15, -0.1) is 0 Å². The zero-order valence-corrected chi connectivity index (χ0v) is 21.0. The molecule has 2 aromatic carbocycles. The predicted molar refractivity (Wildman–Crippen MR) is 133 cm³/mol. The van der Waals surface area contributed by atoms with Crippen LogP contribution >= 0.6 is 11.6 Å². The number of aliphatic hydroxyl groups excluding tert-OH is 1. The highest BCUT2D eigenvalue weighted by Gasteiger charge is 2.32. The molecule has 0 saturated heterocycles. The molecule has 3 rings (SSSR count). The molecule has 0 amide bonds. The summed E-state index contributed by atoms with van der Waals surface area (Å²) < 4.78 is 15.5. The van der Waals surface area contributed by atoms with E-state index in [1.54, 1.807) is 38.1 Å². The number of esters is 2. The first-order valence-corrected chi connectivity index (χ1v) is 12.5. The third kappa shape index (κ3) is 7.95. The molecule has 0 bridgehead atoms. The molecule has 35 heavy (non-hydrogen) atoms. The molecule has 1 saturated carbocycles. The van der Waals surface area contributed by atoms with Crippen molar-refractivity contribution in [3.8, 4) is 5.75 Å². The maximum Gasteiger partial charge on any atom is 0.359 e. The molecule has 2 unspecified atom stereocenters. The second-order valence-corrected chi connectivity index (χ2v) is 9.11. The summed E-state index contributed by atoms with van der Waals surface area (Å²) in [7, 11) is 0. The van der Waals surface area contributed by atoms with Crippen molar-refractivity contribution in [3.63, 3.8) is 0 Å². The van der Waals surface area contributed by atoms with E-state index in [-0.39, 0.29) is 13.2 Å². The van der Waals surface area contributed by atoms with Crippen molar-refractivity contribution in [1.29, 1.82) is 0 Å². The Labute approximate surface area is 211 Å². The van der Waals surface area contributed by atoms with Crippen LogP contribution in [0.25, 0.3) is 0 Å². The molecule has 1 fully saturated rings. The first-order valence-electron chi connectivity index (χ1n) is 12.1. The number of ether oxygens (including phenoxy) is 3. The minimum Gasteiger partial charge on any atom is -0.467 e. The Hall–Kier alpha value is -2.61. The van der Waals surface area contributed by atoms with E-state index in [2.05, 4.69) is 5.32 Å². The zero-order chi connectivity index (χ0) is 25.2. The van der Waals surface area contributed by atoms with E-state index in [9.17, 15) is 14.7 Å². The third-order valence-electron chi connectivity index (χ3n) is 6.15. The maximum absolute atomic E-state index is 12.1. The highest BCUT2D eigenvalue weighted by molar-refractivity contribution is 6.30. The Morgan fingerprint density at radius 2 is 1.74 bits per heavy atom. The van der Waals surface area contributed by atoms with Gasteiger partial charge in [-0.05, 0) is 86.9 Å². The molecule has 1 aliphatic rings. The molecule has 0 aliphatic heterocycles. The van der Waals surface area contributed by atoms with Gasteiger partial charge in [-0.2, -0.15) is 0 Å². The molecule has 3 atom stereocenters. The summed E-state index contributed by atoms with van der Waals surface area (Å²) in [6, 6.07) is 14.8. The lowest BCUT2D eigenvalue weighted by Crippen LogP contribution is -2.38. The summed E-state index contributed by atoms with van der Waals surface area (Å²) >= 11 is 6.01. The van der Waals surface area contributed by atoms with E-state index in [4.69, 9.17) is 25.8 Å². The van der Waals surface area contributed by atoms with Gasteiger partial charge >= 0.3 is 11.9 Å². The molecule has 0 spiro atoms. The molecule has 2 aromatic rings. The Bertz CT molecular complexity index is 948. The van der Waals surface area contributed by atoms with Crippen LogP contribution < -0.4 is 10.1 Å². The highest BCUT2D eigenvalue weighted by Crippen LogP contribution is 2.38. The maximum atomic E-state index is 12.1. The van der Waals surface area contributed by atoms with Crippen LogP contribution in [0.5, 0.6) is 5.75 Å². The fourth-order valence-corrected chi connectivity index (χ4v) is 4.60. The lowest BCUT2D eigenvalue weighted by Gasteiger charge is -2.17. The smallest absolute Gasteiger partial charge is 0.359 e. The van der Waals surface area contributed by atoms with Crippen LogP contribution in [0, 0.1) is 5.92 Å². The number of halogens is 1. The van der Waals surface area contributed by atoms with Crippen molar-refractivity contribution >= 4 is 23.5 Å². The van der Waals surface area contributed by atoms with Gasteiger partial charge in [0.15, 0.2) is 0 Å². The molecule has 8 heteroatoms. The Morgan fingerprint density at radius 1 is 1.06 bits per heavy atom. The largest absolute Gasteiger partial charge is 0.467 e. The Kier molecular flexibility index (Phi) is 10.4. The van der Waals surface area contributed by atoms with Crippen LogP contribution in [0.15, 0.2) is 48.5 Å². The number of nitrogens with one attached hydrogen (secondary N) is 1. The van der Waals surface area contributed by atoms with E-state index >= 15 is 0 Å². The van der Waals surface area contributed by atoms with Gasteiger partial charge in [0, 0.05) is 11.6 Å². The molecule has 0 aromatic heterocycles. The van der Waals surface area contributed by atoms with Crippen LogP contribution in [-0.4, -0.2) is 49.5 Å². The minimum absolute atomic E-state index is 0.147. The third-order valence-corrected chi connectivity index (χ3v) is 6.39. The number of aliphatic hydroxyl groups is 1. The highest BCUT2D eigenvalue weighted by atomic mass is 35.5. The fraction of sp³-hybridized carbons (Fsp3) is 0.481. The zero-order valence-electron chi connectivity index (χ0n) is 20.2.